The molecule has 0 bridgehead atoms. The number of benzene rings is 2. The molecule has 0 unspecified atom stereocenters. The van der Waals surface area contributed by atoms with Crippen LogP contribution in [0.1, 0.15) is 11.1 Å². The van der Waals surface area contributed by atoms with Crippen molar-refractivity contribution in [3.8, 4) is 11.8 Å². The van der Waals surface area contributed by atoms with Crippen LogP contribution in [0.4, 0.5) is 5.69 Å². The Morgan fingerprint density at radius 3 is 2.86 bits per heavy atom. The van der Waals surface area contributed by atoms with Crippen molar-refractivity contribution in [2.24, 2.45) is 0 Å². The Balaban J connectivity index is 1.81. The van der Waals surface area contributed by atoms with Crippen molar-refractivity contribution in [3.63, 3.8) is 0 Å². The van der Waals surface area contributed by atoms with Crippen LogP contribution in [0.15, 0.2) is 61.2 Å². The summed E-state index contributed by atoms with van der Waals surface area (Å²) in [6.45, 7) is 0.640. The number of nitrogens with one attached hydrogen (secondary N) is 1. The van der Waals surface area contributed by atoms with Crippen LogP contribution in [-0.4, -0.2) is 14.8 Å². The summed E-state index contributed by atoms with van der Waals surface area (Å²) < 4.78 is 1.72. The zero-order valence-corrected chi connectivity index (χ0v) is 11.3. The van der Waals surface area contributed by atoms with E-state index in [9.17, 15) is 0 Å². The van der Waals surface area contributed by atoms with Crippen LogP contribution in [0.5, 0.6) is 0 Å². The predicted octanol–water partition coefficient (Wildman–Crippen LogP) is 2.75. The summed E-state index contributed by atoms with van der Waals surface area (Å²) in [6.07, 6.45) is 3.17. The van der Waals surface area contributed by atoms with E-state index in [4.69, 9.17) is 5.26 Å². The summed E-state index contributed by atoms with van der Waals surface area (Å²) in [5.41, 5.74) is 3.62. The molecule has 5 nitrogen and oxygen atoms in total. The zero-order chi connectivity index (χ0) is 14.5. The summed E-state index contributed by atoms with van der Waals surface area (Å²) in [4.78, 5) is 3.97. The highest BCUT2D eigenvalue weighted by Gasteiger charge is 2.04. The van der Waals surface area contributed by atoms with Crippen molar-refractivity contribution in [2.45, 2.75) is 6.54 Å². The van der Waals surface area contributed by atoms with Crippen molar-refractivity contribution >= 4 is 5.69 Å². The van der Waals surface area contributed by atoms with Gasteiger partial charge in [0.05, 0.1) is 23.0 Å². The molecule has 1 aromatic heterocycles. The van der Waals surface area contributed by atoms with E-state index in [0.717, 1.165) is 16.9 Å². The minimum absolute atomic E-state index is 0.640. The van der Waals surface area contributed by atoms with Crippen molar-refractivity contribution in [1.82, 2.24) is 14.8 Å². The number of aromatic nitrogens is 3. The van der Waals surface area contributed by atoms with E-state index in [-0.39, 0.29) is 0 Å². The van der Waals surface area contributed by atoms with Crippen molar-refractivity contribution in [2.75, 3.05) is 5.32 Å². The smallest absolute Gasteiger partial charge is 0.138 e. The molecule has 0 amide bonds. The molecule has 2 aromatic carbocycles. The normalized spacial score (nSPS) is 10.0. The summed E-state index contributed by atoms with van der Waals surface area (Å²) in [6, 6.07) is 17.6. The highest BCUT2D eigenvalue weighted by atomic mass is 15.3. The molecule has 0 aliphatic carbocycles. The fourth-order valence-electron chi connectivity index (χ4n) is 2.10. The Morgan fingerprint density at radius 1 is 1.14 bits per heavy atom. The lowest BCUT2D eigenvalue weighted by Gasteiger charge is -2.11. The molecule has 3 rings (SSSR count). The summed E-state index contributed by atoms with van der Waals surface area (Å²) >= 11 is 0. The fraction of sp³-hybridized carbons (Fsp3) is 0.0625. The predicted molar refractivity (Wildman–Crippen MR) is 79.8 cm³/mol. The number of para-hydroxylation sites is 2. The average molecular weight is 275 g/mol. The maximum atomic E-state index is 8.93. The lowest BCUT2D eigenvalue weighted by molar-refractivity contribution is 0.878. The van der Waals surface area contributed by atoms with Crippen LogP contribution < -0.4 is 5.32 Å². The van der Waals surface area contributed by atoms with E-state index in [1.54, 1.807) is 17.1 Å². The molecular formula is C16H13N5. The van der Waals surface area contributed by atoms with Gasteiger partial charge in [-0.15, -0.1) is 0 Å². The molecule has 0 radical (unpaired) electrons. The molecule has 0 saturated heterocycles. The van der Waals surface area contributed by atoms with E-state index < -0.39 is 0 Å². The maximum Gasteiger partial charge on any atom is 0.138 e. The molecule has 0 aliphatic rings. The summed E-state index contributed by atoms with van der Waals surface area (Å²) in [5, 5.41) is 16.5. The van der Waals surface area contributed by atoms with Gasteiger partial charge in [0.25, 0.3) is 0 Å². The van der Waals surface area contributed by atoms with Crippen molar-refractivity contribution in [1.29, 1.82) is 5.26 Å². The first-order chi connectivity index (χ1) is 10.4. The van der Waals surface area contributed by atoms with Gasteiger partial charge in [0.1, 0.15) is 12.7 Å². The van der Waals surface area contributed by atoms with Gasteiger partial charge in [0.2, 0.25) is 0 Å². The van der Waals surface area contributed by atoms with E-state index in [0.29, 0.717) is 12.1 Å². The van der Waals surface area contributed by atoms with E-state index in [1.165, 1.54) is 6.33 Å². The van der Waals surface area contributed by atoms with Crippen molar-refractivity contribution < 1.29 is 0 Å². The minimum atomic E-state index is 0.640. The quantitative estimate of drug-likeness (QED) is 0.795. The first kappa shape index (κ1) is 12.9. The third kappa shape index (κ3) is 2.90. The summed E-state index contributed by atoms with van der Waals surface area (Å²) in [7, 11) is 0. The van der Waals surface area contributed by atoms with Gasteiger partial charge in [-0.3, -0.25) is 0 Å². The van der Waals surface area contributed by atoms with Gasteiger partial charge in [0, 0.05) is 6.54 Å². The zero-order valence-electron chi connectivity index (χ0n) is 11.3. The second-order valence-corrected chi connectivity index (χ2v) is 4.52. The SMILES string of the molecule is N#Cc1cccc(CNc2ccccc2-n2cncn2)c1. The van der Waals surface area contributed by atoms with Crippen molar-refractivity contribution in [3.05, 3.63) is 72.3 Å². The Bertz CT molecular complexity index is 771. The highest BCUT2D eigenvalue weighted by Crippen LogP contribution is 2.19. The third-order valence-electron chi connectivity index (χ3n) is 3.11. The monoisotopic (exact) mass is 275 g/mol. The van der Waals surface area contributed by atoms with Gasteiger partial charge in [0.15, 0.2) is 0 Å². The second-order valence-electron chi connectivity index (χ2n) is 4.52. The van der Waals surface area contributed by atoms with Crippen LogP contribution in [0.25, 0.3) is 5.69 Å². The van der Waals surface area contributed by atoms with E-state index in [1.807, 2.05) is 42.5 Å². The molecule has 0 saturated carbocycles. The molecule has 21 heavy (non-hydrogen) atoms. The molecule has 102 valence electrons. The number of nitrogens with zero attached hydrogens (tertiary/aromatic N) is 4. The lowest BCUT2D eigenvalue weighted by Crippen LogP contribution is -2.04. The first-order valence-corrected chi connectivity index (χ1v) is 6.54. The molecule has 0 aliphatic heterocycles. The maximum absolute atomic E-state index is 8.93. The molecule has 1 N–H and O–H groups in total. The Labute approximate surface area is 122 Å². The molecule has 5 heteroatoms. The van der Waals surface area contributed by atoms with Gasteiger partial charge < -0.3 is 5.32 Å². The molecule has 0 fully saturated rings. The molecule has 1 heterocycles. The van der Waals surface area contributed by atoms with Gasteiger partial charge in [-0.1, -0.05) is 24.3 Å². The van der Waals surface area contributed by atoms with E-state index >= 15 is 0 Å². The molecule has 3 aromatic rings. The average Bonchev–Trinajstić information content (AvgIpc) is 3.08. The number of nitriles is 1. The Hall–Kier alpha value is -3.13. The van der Waals surface area contributed by atoms with Gasteiger partial charge in [-0.05, 0) is 29.8 Å². The standard InChI is InChI=1S/C16H13N5/c17-9-13-4-3-5-14(8-13)10-19-15-6-1-2-7-16(15)21-12-18-11-20-21/h1-8,11-12,19H,10H2. The van der Waals surface area contributed by atoms with Crippen LogP contribution in [-0.2, 0) is 6.54 Å². The molecular weight excluding hydrogens is 262 g/mol. The van der Waals surface area contributed by atoms with Crippen LogP contribution in [0.3, 0.4) is 0 Å². The second kappa shape index (κ2) is 5.88. The number of anilines is 1. The lowest BCUT2D eigenvalue weighted by atomic mass is 10.1. The van der Waals surface area contributed by atoms with E-state index in [2.05, 4.69) is 21.5 Å². The molecule has 0 atom stereocenters. The first-order valence-electron chi connectivity index (χ1n) is 6.54. The summed E-state index contributed by atoms with van der Waals surface area (Å²) in [5.74, 6) is 0. The Kier molecular flexibility index (Phi) is 3.61. The fourth-order valence-corrected chi connectivity index (χ4v) is 2.10. The highest BCUT2D eigenvalue weighted by molar-refractivity contribution is 5.60. The van der Waals surface area contributed by atoms with Crippen LogP contribution in [0.2, 0.25) is 0 Å². The largest absolute Gasteiger partial charge is 0.379 e. The third-order valence-corrected chi connectivity index (χ3v) is 3.11. The Morgan fingerprint density at radius 2 is 2.05 bits per heavy atom. The number of hydrogen-bond acceptors (Lipinski definition) is 4. The minimum Gasteiger partial charge on any atom is -0.379 e. The van der Waals surface area contributed by atoms with Crippen LogP contribution >= 0.6 is 0 Å². The van der Waals surface area contributed by atoms with Gasteiger partial charge in [-0.2, -0.15) is 10.4 Å². The van der Waals surface area contributed by atoms with Gasteiger partial charge >= 0.3 is 0 Å². The van der Waals surface area contributed by atoms with Gasteiger partial charge in [-0.25, -0.2) is 9.67 Å². The topological polar surface area (TPSA) is 66.5 Å². The number of hydrogen-bond donors (Lipinski definition) is 1. The van der Waals surface area contributed by atoms with Crippen LogP contribution in [0, 0.1) is 11.3 Å². The number of rotatable bonds is 4. The molecule has 0 spiro atoms.